The van der Waals surface area contributed by atoms with Gasteiger partial charge in [0.1, 0.15) is 5.82 Å². The number of thiophene rings is 1. The number of benzene rings is 1. The number of carbonyl (C=O) groups is 3. The van der Waals surface area contributed by atoms with Gasteiger partial charge in [-0.1, -0.05) is 24.6 Å². The molecule has 0 spiro atoms. The highest BCUT2D eigenvalue weighted by atomic mass is 35.5. The molecule has 2 N–H and O–H groups in total. The SMILES string of the molecule is CCOC(=O)[C@](CNC(=O)c1ccc(Cl)s1)(NS(=O)(=O)c1cccc(N2CCCC2=O)c1CC)c1nccn1C.Cl. The standard InChI is InChI=1S/C26H30ClN5O6S2.ClH/c1-4-17-18(32-14-7-10-22(32)33)8-6-9-20(17)40(36,37)30-26(25(35)38-5-2,24-28-13-15-31(24)3)16-29-23(34)19-11-12-21(27)39-19;/h6,8-9,11-13,15,30H,4-5,7,10,14,16H2,1-3H3,(H,29,34);1H/t26-;/m1./s1. The van der Waals surface area contributed by atoms with Gasteiger partial charge >= 0.3 is 5.97 Å². The van der Waals surface area contributed by atoms with Gasteiger partial charge in [-0.25, -0.2) is 18.2 Å². The number of anilines is 1. The van der Waals surface area contributed by atoms with Gasteiger partial charge in [0.15, 0.2) is 0 Å². The summed E-state index contributed by atoms with van der Waals surface area (Å²) in [5, 5.41) is 2.65. The molecule has 1 saturated heterocycles. The van der Waals surface area contributed by atoms with E-state index in [9.17, 15) is 22.8 Å². The number of imidazole rings is 1. The molecule has 15 heteroatoms. The Balaban J connectivity index is 0.00000462. The van der Waals surface area contributed by atoms with E-state index in [0.717, 1.165) is 11.3 Å². The summed E-state index contributed by atoms with van der Waals surface area (Å²) < 4.78 is 38.0. The maximum Gasteiger partial charge on any atom is 0.337 e. The molecule has 1 aliphatic rings. The van der Waals surface area contributed by atoms with Crippen LogP contribution >= 0.6 is 35.3 Å². The van der Waals surface area contributed by atoms with Crippen molar-refractivity contribution < 1.29 is 27.5 Å². The van der Waals surface area contributed by atoms with Gasteiger partial charge in [0.2, 0.25) is 21.5 Å². The van der Waals surface area contributed by atoms with Gasteiger partial charge in [0.05, 0.1) is 27.3 Å². The van der Waals surface area contributed by atoms with Crippen LogP contribution in [0.5, 0.6) is 0 Å². The van der Waals surface area contributed by atoms with E-state index in [1.54, 1.807) is 50.2 Å². The van der Waals surface area contributed by atoms with Crippen molar-refractivity contribution >= 4 is 68.8 Å². The molecule has 222 valence electrons. The van der Waals surface area contributed by atoms with Crippen LogP contribution in [0.1, 0.15) is 47.7 Å². The van der Waals surface area contributed by atoms with Crippen LogP contribution in [0, 0.1) is 0 Å². The van der Waals surface area contributed by atoms with Gasteiger partial charge in [0.25, 0.3) is 5.91 Å². The molecule has 0 bridgehead atoms. The number of halogens is 2. The zero-order valence-electron chi connectivity index (χ0n) is 22.7. The van der Waals surface area contributed by atoms with Crippen LogP contribution < -0.4 is 14.9 Å². The van der Waals surface area contributed by atoms with Crippen LogP contribution in [0.4, 0.5) is 5.69 Å². The lowest BCUT2D eigenvalue weighted by molar-refractivity contribution is -0.151. The second-order valence-electron chi connectivity index (χ2n) is 9.14. The molecule has 0 aliphatic carbocycles. The predicted octanol–water partition coefficient (Wildman–Crippen LogP) is 3.41. The van der Waals surface area contributed by atoms with E-state index in [1.165, 1.54) is 22.9 Å². The fourth-order valence-electron chi connectivity index (χ4n) is 4.73. The van der Waals surface area contributed by atoms with Crippen molar-refractivity contribution in [3.05, 3.63) is 63.3 Å². The lowest BCUT2D eigenvalue weighted by atomic mass is 9.99. The Hall–Kier alpha value is -2.97. The Morgan fingerprint density at radius 1 is 1.22 bits per heavy atom. The minimum atomic E-state index is -4.46. The minimum absolute atomic E-state index is 0. The molecule has 11 nitrogen and oxygen atoms in total. The van der Waals surface area contributed by atoms with Gasteiger partial charge in [-0.3, -0.25) is 9.59 Å². The minimum Gasteiger partial charge on any atom is -0.464 e. The van der Waals surface area contributed by atoms with Gasteiger partial charge < -0.3 is 19.5 Å². The number of esters is 1. The number of amides is 2. The molecular weight excluding hydrogens is 613 g/mol. The first-order valence-electron chi connectivity index (χ1n) is 12.7. The number of hydrogen-bond donors (Lipinski definition) is 2. The van der Waals surface area contributed by atoms with Crippen molar-refractivity contribution in [1.29, 1.82) is 0 Å². The van der Waals surface area contributed by atoms with Crippen LogP contribution in [0.3, 0.4) is 0 Å². The van der Waals surface area contributed by atoms with Gasteiger partial charge in [-0.15, -0.1) is 23.7 Å². The number of nitrogens with one attached hydrogen (secondary N) is 2. The summed E-state index contributed by atoms with van der Waals surface area (Å²) in [5.74, 6) is -1.56. The Morgan fingerprint density at radius 3 is 2.54 bits per heavy atom. The third-order valence-corrected chi connectivity index (χ3v) is 9.37. The van der Waals surface area contributed by atoms with Crippen LogP contribution in [0.25, 0.3) is 0 Å². The summed E-state index contributed by atoms with van der Waals surface area (Å²) in [5.41, 5.74) is -1.19. The average Bonchev–Trinajstić information content (AvgIpc) is 3.67. The topological polar surface area (TPSA) is 140 Å². The van der Waals surface area contributed by atoms with Crippen LogP contribution in [0.2, 0.25) is 4.34 Å². The lowest BCUT2D eigenvalue weighted by Crippen LogP contribution is -2.60. The van der Waals surface area contributed by atoms with Crippen LogP contribution in [-0.2, 0) is 43.4 Å². The molecule has 2 aromatic heterocycles. The van der Waals surface area contributed by atoms with Crippen molar-refractivity contribution in [2.45, 2.75) is 43.5 Å². The van der Waals surface area contributed by atoms with Crippen molar-refractivity contribution in [2.24, 2.45) is 7.05 Å². The Kier molecular flexibility index (Phi) is 10.6. The monoisotopic (exact) mass is 643 g/mol. The Labute approximate surface area is 253 Å². The fourth-order valence-corrected chi connectivity index (χ4v) is 7.34. The molecule has 1 aromatic carbocycles. The number of ether oxygens (including phenoxy) is 1. The predicted molar refractivity (Wildman–Crippen MR) is 158 cm³/mol. The van der Waals surface area contributed by atoms with E-state index in [-0.39, 0.29) is 40.5 Å². The largest absolute Gasteiger partial charge is 0.464 e. The molecule has 0 unspecified atom stereocenters. The molecular formula is C26H31Cl2N5O6S2. The van der Waals surface area contributed by atoms with Crippen molar-refractivity contribution in [3.63, 3.8) is 0 Å². The molecule has 3 heterocycles. The second kappa shape index (κ2) is 13.3. The molecule has 0 radical (unpaired) electrons. The maximum absolute atomic E-state index is 14.1. The smallest absolute Gasteiger partial charge is 0.337 e. The van der Waals surface area contributed by atoms with E-state index in [1.807, 2.05) is 0 Å². The molecule has 41 heavy (non-hydrogen) atoms. The highest BCUT2D eigenvalue weighted by Gasteiger charge is 2.49. The zero-order chi connectivity index (χ0) is 29.1. The summed E-state index contributed by atoms with van der Waals surface area (Å²) >= 11 is 7.02. The number of sulfonamides is 1. The molecule has 1 atom stereocenters. The maximum atomic E-state index is 14.1. The van der Waals surface area contributed by atoms with Crippen molar-refractivity contribution in [3.8, 4) is 0 Å². The molecule has 1 fully saturated rings. The summed E-state index contributed by atoms with van der Waals surface area (Å²) in [6.45, 7) is 3.32. The first-order chi connectivity index (χ1) is 19.0. The van der Waals surface area contributed by atoms with Gasteiger partial charge in [-0.05, 0) is 49.6 Å². The van der Waals surface area contributed by atoms with Gasteiger partial charge in [-0.2, -0.15) is 4.72 Å². The second-order valence-corrected chi connectivity index (χ2v) is 12.5. The van der Waals surface area contributed by atoms with Crippen LogP contribution in [-0.4, -0.2) is 55.4 Å². The number of aryl methyl sites for hydroxylation is 1. The zero-order valence-corrected chi connectivity index (χ0v) is 25.9. The summed E-state index contributed by atoms with van der Waals surface area (Å²) in [6, 6.07) is 7.78. The fraction of sp³-hybridized carbons (Fsp3) is 0.385. The summed E-state index contributed by atoms with van der Waals surface area (Å²) in [7, 11) is -2.86. The average molecular weight is 645 g/mol. The summed E-state index contributed by atoms with van der Waals surface area (Å²) in [6.07, 6.45) is 4.34. The molecule has 1 aliphatic heterocycles. The summed E-state index contributed by atoms with van der Waals surface area (Å²) in [4.78, 5) is 45.1. The molecule has 3 aromatic rings. The number of carbonyl (C=O) groups excluding carboxylic acids is 3. The number of hydrogen-bond acceptors (Lipinski definition) is 8. The van der Waals surface area contributed by atoms with E-state index < -0.39 is 34.0 Å². The third-order valence-electron chi connectivity index (χ3n) is 6.56. The quantitative estimate of drug-likeness (QED) is 0.305. The normalized spacial score (nSPS) is 14.8. The van der Waals surface area contributed by atoms with Gasteiger partial charge in [0, 0.05) is 38.1 Å². The van der Waals surface area contributed by atoms with Crippen molar-refractivity contribution in [1.82, 2.24) is 19.6 Å². The highest BCUT2D eigenvalue weighted by Crippen LogP contribution is 2.33. The van der Waals surface area contributed by atoms with E-state index in [0.29, 0.717) is 41.4 Å². The molecule has 2 amide bonds. The molecule has 0 saturated carbocycles. The van der Waals surface area contributed by atoms with E-state index in [4.69, 9.17) is 16.3 Å². The van der Waals surface area contributed by atoms with Crippen molar-refractivity contribution in [2.75, 3.05) is 24.6 Å². The van der Waals surface area contributed by atoms with E-state index >= 15 is 0 Å². The third kappa shape index (κ3) is 6.59. The highest BCUT2D eigenvalue weighted by molar-refractivity contribution is 7.89. The lowest BCUT2D eigenvalue weighted by Gasteiger charge is -2.32. The Morgan fingerprint density at radius 2 is 1.98 bits per heavy atom. The number of aromatic nitrogens is 2. The number of rotatable bonds is 11. The Bertz CT molecular complexity index is 1540. The number of nitrogens with zero attached hydrogens (tertiary/aromatic N) is 3. The first kappa shape index (κ1) is 32.5. The molecule has 4 rings (SSSR count). The first-order valence-corrected chi connectivity index (χ1v) is 15.4. The van der Waals surface area contributed by atoms with Crippen LogP contribution in [0.15, 0.2) is 47.6 Å². The van der Waals surface area contributed by atoms with E-state index in [2.05, 4.69) is 15.0 Å².